The second-order valence-electron chi connectivity index (χ2n) is 5.20. The molecule has 0 fully saturated rings. The van der Waals surface area contributed by atoms with Gasteiger partial charge in [-0.25, -0.2) is 5.43 Å². The summed E-state index contributed by atoms with van der Waals surface area (Å²) in [5, 5.41) is 25.6. The standard InChI is InChI=1S/C18H12Cl2N2O3/c19-11-7-13(17(24)15(20)8-11)18(25)22-21-9-14-12-4-2-1-3-10(12)5-6-16(14)23/h1-9,23-24H,(H,22,25). The Hall–Kier alpha value is -2.76. The summed E-state index contributed by atoms with van der Waals surface area (Å²) in [6.45, 7) is 0. The van der Waals surface area contributed by atoms with Crippen LogP contribution in [0.3, 0.4) is 0 Å². The van der Waals surface area contributed by atoms with Crippen molar-refractivity contribution >= 4 is 46.1 Å². The van der Waals surface area contributed by atoms with E-state index in [0.717, 1.165) is 10.8 Å². The number of nitrogens with zero attached hydrogens (tertiary/aromatic N) is 1. The number of carbonyl (C=O) groups is 1. The minimum atomic E-state index is -0.683. The molecule has 0 aliphatic carbocycles. The molecule has 0 saturated heterocycles. The topological polar surface area (TPSA) is 81.9 Å². The lowest BCUT2D eigenvalue weighted by atomic mass is 10.0. The quantitative estimate of drug-likeness (QED) is 0.471. The van der Waals surface area contributed by atoms with Crippen LogP contribution in [0.1, 0.15) is 15.9 Å². The number of hydrogen-bond donors (Lipinski definition) is 3. The number of aromatic hydroxyl groups is 2. The van der Waals surface area contributed by atoms with E-state index in [1.807, 2.05) is 24.3 Å². The molecule has 3 N–H and O–H groups in total. The van der Waals surface area contributed by atoms with Crippen LogP contribution in [-0.4, -0.2) is 22.3 Å². The molecule has 0 atom stereocenters. The molecule has 126 valence electrons. The van der Waals surface area contributed by atoms with Crippen molar-refractivity contribution in [2.75, 3.05) is 0 Å². The molecule has 25 heavy (non-hydrogen) atoms. The molecule has 0 heterocycles. The molecule has 0 unspecified atom stereocenters. The smallest absolute Gasteiger partial charge is 0.275 e. The van der Waals surface area contributed by atoms with Crippen LogP contribution in [-0.2, 0) is 0 Å². The Morgan fingerprint density at radius 2 is 1.84 bits per heavy atom. The van der Waals surface area contributed by atoms with Crippen LogP contribution in [0.5, 0.6) is 11.5 Å². The van der Waals surface area contributed by atoms with Crippen LogP contribution in [0.25, 0.3) is 10.8 Å². The number of phenolic OH excluding ortho intramolecular Hbond substituents is 2. The van der Waals surface area contributed by atoms with Gasteiger partial charge in [0.15, 0.2) is 0 Å². The second kappa shape index (κ2) is 7.01. The number of halogens is 2. The van der Waals surface area contributed by atoms with Crippen molar-refractivity contribution < 1.29 is 15.0 Å². The fourth-order valence-electron chi connectivity index (χ4n) is 2.37. The Morgan fingerprint density at radius 1 is 1.08 bits per heavy atom. The van der Waals surface area contributed by atoms with Crippen molar-refractivity contribution in [1.82, 2.24) is 5.43 Å². The van der Waals surface area contributed by atoms with E-state index in [2.05, 4.69) is 10.5 Å². The van der Waals surface area contributed by atoms with Gasteiger partial charge in [-0.15, -0.1) is 0 Å². The van der Waals surface area contributed by atoms with E-state index in [1.54, 1.807) is 12.1 Å². The van der Waals surface area contributed by atoms with E-state index in [4.69, 9.17) is 23.2 Å². The maximum atomic E-state index is 12.1. The number of carbonyl (C=O) groups excluding carboxylic acids is 1. The zero-order valence-electron chi connectivity index (χ0n) is 12.7. The first-order valence-electron chi connectivity index (χ1n) is 7.19. The van der Waals surface area contributed by atoms with Gasteiger partial charge in [-0.3, -0.25) is 4.79 Å². The van der Waals surface area contributed by atoms with E-state index in [9.17, 15) is 15.0 Å². The number of benzene rings is 3. The highest BCUT2D eigenvalue weighted by Gasteiger charge is 2.15. The first kappa shape index (κ1) is 17.1. The summed E-state index contributed by atoms with van der Waals surface area (Å²) in [4.78, 5) is 12.1. The lowest BCUT2D eigenvalue weighted by Gasteiger charge is -2.06. The van der Waals surface area contributed by atoms with Gasteiger partial charge in [0.2, 0.25) is 0 Å². The molecule has 7 heteroatoms. The van der Waals surface area contributed by atoms with Gasteiger partial charge < -0.3 is 10.2 Å². The molecule has 0 aromatic heterocycles. The van der Waals surface area contributed by atoms with Gasteiger partial charge >= 0.3 is 0 Å². The molecular formula is C18H12Cl2N2O3. The van der Waals surface area contributed by atoms with Crippen LogP contribution >= 0.6 is 23.2 Å². The molecule has 1 amide bonds. The first-order chi connectivity index (χ1) is 12.0. The zero-order chi connectivity index (χ0) is 18.0. The SMILES string of the molecule is O=C(NN=Cc1c(O)ccc2ccccc12)c1cc(Cl)cc(Cl)c1O. The Morgan fingerprint density at radius 3 is 2.64 bits per heavy atom. The predicted molar refractivity (Wildman–Crippen MR) is 98.8 cm³/mol. The Balaban J connectivity index is 1.87. The molecule has 5 nitrogen and oxygen atoms in total. The zero-order valence-corrected chi connectivity index (χ0v) is 14.2. The predicted octanol–water partition coefficient (Wildman–Crippen LogP) is 4.32. The summed E-state index contributed by atoms with van der Waals surface area (Å²) >= 11 is 11.6. The van der Waals surface area contributed by atoms with Gasteiger partial charge in [0.1, 0.15) is 11.5 Å². The molecule has 0 bridgehead atoms. The van der Waals surface area contributed by atoms with Crippen molar-refractivity contribution in [3.05, 3.63) is 69.7 Å². The lowest BCUT2D eigenvalue weighted by Crippen LogP contribution is -2.18. The summed E-state index contributed by atoms with van der Waals surface area (Å²) in [6.07, 6.45) is 1.33. The summed E-state index contributed by atoms with van der Waals surface area (Å²) in [7, 11) is 0. The third-order valence-electron chi connectivity index (χ3n) is 3.58. The normalized spacial score (nSPS) is 11.1. The molecular weight excluding hydrogens is 363 g/mol. The highest BCUT2D eigenvalue weighted by molar-refractivity contribution is 6.36. The minimum Gasteiger partial charge on any atom is -0.507 e. The van der Waals surface area contributed by atoms with Crippen molar-refractivity contribution in [2.45, 2.75) is 0 Å². The fourth-order valence-corrected chi connectivity index (χ4v) is 2.87. The second-order valence-corrected chi connectivity index (χ2v) is 6.05. The molecule has 0 aliphatic heterocycles. The number of fused-ring (bicyclic) bond motifs is 1. The molecule has 0 aliphatic rings. The van der Waals surface area contributed by atoms with Gasteiger partial charge in [0.25, 0.3) is 5.91 Å². The summed E-state index contributed by atoms with van der Waals surface area (Å²) < 4.78 is 0. The van der Waals surface area contributed by atoms with Crippen LogP contribution < -0.4 is 5.43 Å². The largest absolute Gasteiger partial charge is 0.507 e. The van der Waals surface area contributed by atoms with Gasteiger partial charge in [-0.2, -0.15) is 5.10 Å². The highest BCUT2D eigenvalue weighted by atomic mass is 35.5. The molecule has 3 aromatic carbocycles. The maximum Gasteiger partial charge on any atom is 0.275 e. The van der Waals surface area contributed by atoms with Gasteiger partial charge in [0, 0.05) is 10.6 Å². The van der Waals surface area contributed by atoms with E-state index < -0.39 is 5.91 Å². The van der Waals surface area contributed by atoms with Crippen molar-refractivity contribution in [2.24, 2.45) is 5.10 Å². The van der Waals surface area contributed by atoms with Crippen molar-refractivity contribution in [3.8, 4) is 11.5 Å². The van der Waals surface area contributed by atoms with Crippen molar-refractivity contribution in [1.29, 1.82) is 0 Å². The molecule has 0 spiro atoms. The third-order valence-corrected chi connectivity index (χ3v) is 4.09. The monoisotopic (exact) mass is 374 g/mol. The summed E-state index contributed by atoms with van der Waals surface area (Å²) in [5.74, 6) is -1.03. The van der Waals surface area contributed by atoms with E-state index >= 15 is 0 Å². The lowest BCUT2D eigenvalue weighted by molar-refractivity contribution is 0.0952. The molecule has 0 radical (unpaired) electrons. The van der Waals surface area contributed by atoms with E-state index in [0.29, 0.717) is 5.56 Å². The fraction of sp³-hybridized carbons (Fsp3) is 0. The summed E-state index contributed by atoms with van der Waals surface area (Å²) in [6, 6.07) is 13.4. The van der Waals surface area contributed by atoms with Crippen LogP contribution in [0, 0.1) is 0 Å². The number of rotatable bonds is 3. The Bertz CT molecular complexity index is 1000. The molecule has 3 aromatic rings. The Labute approximate surface area is 153 Å². The number of phenols is 2. The Kier molecular flexibility index (Phi) is 4.79. The molecule has 3 rings (SSSR count). The van der Waals surface area contributed by atoms with Gasteiger partial charge in [-0.1, -0.05) is 53.5 Å². The average Bonchev–Trinajstić information content (AvgIpc) is 2.59. The van der Waals surface area contributed by atoms with Crippen LogP contribution in [0.4, 0.5) is 0 Å². The van der Waals surface area contributed by atoms with E-state index in [1.165, 1.54) is 18.3 Å². The first-order valence-corrected chi connectivity index (χ1v) is 7.95. The highest BCUT2D eigenvalue weighted by Crippen LogP contribution is 2.31. The van der Waals surface area contributed by atoms with E-state index in [-0.39, 0.29) is 27.1 Å². The average molecular weight is 375 g/mol. The van der Waals surface area contributed by atoms with Gasteiger partial charge in [-0.05, 0) is 29.0 Å². The number of amides is 1. The third kappa shape index (κ3) is 3.52. The van der Waals surface area contributed by atoms with Crippen LogP contribution in [0.2, 0.25) is 10.0 Å². The van der Waals surface area contributed by atoms with Crippen molar-refractivity contribution in [3.63, 3.8) is 0 Å². The van der Waals surface area contributed by atoms with Crippen LogP contribution in [0.15, 0.2) is 53.6 Å². The number of hydrogen-bond acceptors (Lipinski definition) is 4. The number of nitrogens with one attached hydrogen (secondary N) is 1. The van der Waals surface area contributed by atoms with Gasteiger partial charge in [0.05, 0.1) is 16.8 Å². The maximum absolute atomic E-state index is 12.1. The summed E-state index contributed by atoms with van der Waals surface area (Å²) in [5.41, 5.74) is 2.64. The number of hydrazone groups is 1. The minimum absolute atomic E-state index is 0.0327. The molecule has 0 saturated carbocycles.